The minimum Gasteiger partial charge on any atom is -0.497 e. The first-order valence-electron chi connectivity index (χ1n) is 9.66. The van der Waals surface area contributed by atoms with Gasteiger partial charge in [0, 0.05) is 23.6 Å². The van der Waals surface area contributed by atoms with Gasteiger partial charge in [-0.05, 0) is 62.2 Å². The van der Waals surface area contributed by atoms with E-state index in [9.17, 15) is 9.90 Å². The fraction of sp³-hybridized carbons (Fsp3) is 0.348. The number of hydrogen-bond donors (Lipinski definition) is 2. The lowest BCUT2D eigenvalue weighted by atomic mass is 10.1. The molecular weight excluding hydrogens is 370 g/mol. The molecule has 154 valence electrons. The highest BCUT2D eigenvalue weighted by molar-refractivity contribution is 5.84. The molecule has 6 heteroatoms. The van der Waals surface area contributed by atoms with E-state index in [0.29, 0.717) is 17.9 Å². The van der Waals surface area contributed by atoms with E-state index >= 15 is 0 Å². The number of fused-ring (bicyclic) bond motifs is 1. The molecule has 0 spiro atoms. The van der Waals surface area contributed by atoms with E-state index in [-0.39, 0.29) is 12.2 Å². The largest absolute Gasteiger partial charge is 0.497 e. The first kappa shape index (κ1) is 20.9. The van der Waals surface area contributed by atoms with Crippen LogP contribution in [0.4, 0.5) is 0 Å². The normalized spacial score (nSPS) is 12.1. The number of methoxy groups -OCH3 is 1. The fourth-order valence-corrected chi connectivity index (χ4v) is 3.20. The fourth-order valence-electron chi connectivity index (χ4n) is 3.20. The van der Waals surface area contributed by atoms with Crippen LogP contribution in [0.25, 0.3) is 11.0 Å². The van der Waals surface area contributed by atoms with Crippen LogP contribution in [-0.4, -0.2) is 38.0 Å². The van der Waals surface area contributed by atoms with Crippen LogP contribution in [0.2, 0.25) is 0 Å². The number of aliphatic hydroxyl groups excluding tert-OH is 1. The Balaban J connectivity index is 1.48. The molecule has 0 aliphatic heterocycles. The predicted molar refractivity (Wildman–Crippen MR) is 113 cm³/mol. The van der Waals surface area contributed by atoms with Gasteiger partial charge >= 0.3 is 5.63 Å². The van der Waals surface area contributed by atoms with Gasteiger partial charge in [0.2, 0.25) is 0 Å². The number of hydrogen-bond acceptors (Lipinski definition) is 6. The van der Waals surface area contributed by atoms with Crippen molar-refractivity contribution < 1.29 is 19.0 Å². The molecule has 0 saturated heterocycles. The van der Waals surface area contributed by atoms with Gasteiger partial charge in [-0.1, -0.05) is 12.1 Å². The maximum absolute atomic E-state index is 11.7. The third-order valence-electron chi connectivity index (χ3n) is 4.88. The summed E-state index contributed by atoms with van der Waals surface area (Å²) in [5, 5.41) is 14.3. The van der Waals surface area contributed by atoms with Crippen LogP contribution in [0.15, 0.2) is 51.7 Å². The van der Waals surface area contributed by atoms with Crippen LogP contribution in [0.1, 0.15) is 16.7 Å². The highest BCUT2D eigenvalue weighted by Crippen LogP contribution is 2.28. The second-order valence-electron chi connectivity index (χ2n) is 7.08. The number of aliphatic hydroxyl groups is 1. The molecule has 0 saturated carbocycles. The summed E-state index contributed by atoms with van der Waals surface area (Å²) >= 11 is 0. The third-order valence-corrected chi connectivity index (χ3v) is 4.88. The Labute approximate surface area is 170 Å². The molecule has 0 amide bonds. The van der Waals surface area contributed by atoms with Gasteiger partial charge < -0.3 is 24.3 Å². The lowest BCUT2D eigenvalue weighted by Gasteiger charge is -2.15. The minimum atomic E-state index is -0.648. The summed E-state index contributed by atoms with van der Waals surface area (Å²) in [6, 6.07) is 13.1. The molecule has 0 radical (unpaired) electrons. The van der Waals surface area contributed by atoms with Gasteiger partial charge in [-0.25, -0.2) is 4.79 Å². The maximum Gasteiger partial charge on any atom is 0.336 e. The Bertz CT molecular complexity index is 1010. The van der Waals surface area contributed by atoms with E-state index in [4.69, 9.17) is 13.9 Å². The second kappa shape index (κ2) is 9.58. The first-order valence-corrected chi connectivity index (χ1v) is 9.66. The Morgan fingerprint density at radius 3 is 2.62 bits per heavy atom. The molecule has 2 aromatic carbocycles. The maximum atomic E-state index is 11.7. The van der Waals surface area contributed by atoms with Crippen molar-refractivity contribution in [3.63, 3.8) is 0 Å². The zero-order valence-corrected chi connectivity index (χ0v) is 17.0. The van der Waals surface area contributed by atoms with E-state index in [1.165, 1.54) is 11.6 Å². The molecule has 3 rings (SSSR count). The number of benzene rings is 2. The SMILES string of the molecule is COc1ccc(CCNC[C@H](O)COc2ccc3c(C)cc(=O)oc3c2C)cc1. The van der Waals surface area contributed by atoms with Crippen molar-refractivity contribution in [2.45, 2.75) is 26.4 Å². The highest BCUT2D eigenvalue weighted by Gasteiger charge is 2.12. The lowest BCUT2D eigenvalue weighted by molar-refractivity contribution is 0.106. The summed E-state index contributed by atoms with van der Waals surface area (Å²) in [4.78, 5) is 11.7. The quantitative estimate of drug-likeness (QED) is 0.427. The van der Waals surface area contributed by atoms with Crippen LogP contribution >= 0.6 is 0 Å². The monoisotopic (exact) mass is 397 g/mol. The van der Waals surface area contributed by atoms with Crippen molar-refractivity contribution in [1.82, 2.24) is 5.32 Å². The minimum absolute atomic E-state index is 0.151. The average molecular weight is 397 g/mol. The number of ether oxygens (including phenoxy) is 2. The summed E-state index contributed by atoms with van der Waals surface area (Å²) in [5.41, 5.74) is 2.97. The van der Waals surface area contributed by atoms with Gasteiger partial charge in [0.25, 0.3) is 0 Å². The summed E-state index contributed by atoms with van der Waals surface area (Å²) in [7, 11) is 1.65. The van der Waals surface area contributed by atoms with E-state index in [1.54, 1.807) is 7.11 Å². The Morgan fingerprint density at radius 2 is 1.90 bits per heavy atom. The van der Waals surface area contributed by atoms with Crippen LogP contribution < -0.4 is 20.4 Å². The van der Waals surface area contributed by atoms with Crippen LogP contribution in [0.5, 0.6) is 11.5 Å². The van der Waals surface area contributed by atoms with Crippen molar-refractivity contribution in [3.05, 3.63) is 69.6 Å². The van der Waals surface area contributed by atoms with Gasteiger partial charge in [-0.2, -0.15) is 0 Å². The van der Waals surface area contributed by atoms with E-state index in [0.717, 1.165) is 35.2 Å². The Hall–Kier alpha value is -2.83. The number of nitrogens with one attached hydrogen (secondary N) is 1. The zero-order valence-electron chi connectivity index (χ0n) is 17.0. The Morgan fingerprint density at radius 1 is 1.14 bits per heavy atom. The molecule has 0 fully saturated rings. The summed E-state index contributed by atoms with van der Waals surface area (Å²) < 4.78 is 16.2. The van der Waals surface area contributed by atoms with Crippen molar-refractivity contribution in [2.24, 2.45) is 0 Å². The molecule has 0 bridgehead atoms. The van der Waals surface area contributed by atoms with Gasteiger partial charge in [0.05, 0.1) is 7.11 Å². The van der Waals surface area contributed by atoms with Gasteiger partial charge in [0.15, 0.2) is 0 Å². The molecule has 3 aromatic rings. The average Bonchev–Trinajstić information content (AvgIpc) is 2.71. The smallest absolute Gasteiger partial charge is 0.336 e. The van der Waals surface area contributed by atoms with E-state index in [1.807, 2.05) is 50.2 Å². The molecule has 0 aliphatic carbocycles. The van der Waals surface area contributed by atoms with Gasteiger partial charge in [-0.15, -0.1) is 0 Å². The molecule has 1 aromatic heterocycles. The summed E-state index contributed by atoms with van der Waals surface area (Å²) in [6.45, 7) is 5.05. The highest BCUT2D eigenvalue weighted by atomic mass is 16.5. The molecule has 29 heavy (non-hydrogen) atoms. The van der Waals surface area contributed by atoms with Gasteiger partial charge in [-0.3, -0.25) is 0 Å². The predicted octanol–water partition coefficient (Wildman–Crippen LogP) is 2.99. The summed E-state index contributed by atoms with van der Waals surface area (Å²) in [5.74, 6) is 1.44. The van der Waals surface area contributed by atoms with Gasteiger partial charge in [0.1, 0.15) is 29.8 Å². The lowest BCUT2D eigenvalue weighted by Crippen LogP contribution is -2.32. The van der Waals surface area contributed by atoms with Crippen LogP contribution in [0.3, 0.4) is 0 Å². The van der Waals surface area contributed by atoms with Crippen molar-refractivity contribution in [3.8, 4) is 11.5 Å². The molecule has 0 aliphatic rings. The van der Waals surface area contributed by atoms with E-state index in [2.05, 4.69) is 5.32 Å². The number of aryl methyl sites for hydroxylation is 2. The van der Waals surface area contributed by atoms with Crippen molar-refractivity contribution >= 4 is 11.0 Å². The second-order valence-corrected chi connectivity index (χ2v) is 7.08. The van der Waals surface area contributed by atoms with Crippen molar-refractivity contribution in [1.29, 1.82) is 0 Å². The van der Waals surface area contributed by atoms with E-state index < -0.39 is 6.10 Å². The summed E-state index contributed by atoms with van der Waals surface area (Å²) in [6.07, 6.45) is 0.213. The molecule has 0 unspecified atom stereocenters. The van der Waals surface area contributed by atoms with Crippen molar-refractivity contribution in [2.75, 3.05) is 26.8 Å². The molecule has 2 N–H and O–H groups in total. The van der Waals surface area contributed by atoms with Crippen LogP contribution in [-0.2, 0) is 6.42 Å². The zero-order chi connectivity index (χ0) is 20.8. The van der Waals surface area contributed by atoms with Crippen LogP contribution in [0, 0.1) is 13.8 Å². The Kier molecular flexibility index (Phi) is 6.90. The first-order chi connectivity index (χ1) is 14.0. The molecular formula is C23H27NO5. The molecule has 1 heterocycles. The topological polar surface area (TPSA) is 80.9 Å². The number of rotatable bonds is 9. The third kappa shape index (κ3) is 5.37. The molecule has 1 atom stereocenters. The molecule has 6 nitrogen and oxygen atoms in total. The standard InChI is InChI=1S/C23H27NO5/c1-15-12-22(26)29-23-16(2)21(9-8-20(15)23)28-14-18(25)13-24-11-10-17-4-6-19(27-3)7-5-17/h4-9,12,18,24-25H,10-11,13-14H2,1-3H3/t18-/m0/s1.